The Morgan fingerprint density at radius 2 is 1.87 bits per heavy atom. The van der Waals surface area contributed by atoms with Crippen LogP contribution in [0.4, 0.5) is 0 Å². The predicted octanol–water partition coefficient (Wildman–Crippen LogP) is 2.79. The van der Waals surface area contributed by atoms with E-state index in [0.717, 1.165) is 22.4 Å². The number of sulfonamides is 1. The van der Waals surface area contributed by atoms with E-state index >= 15 is 0 Å². The number of aryl methyl sites for hydroxylation is 4. The van der Waals surface area contributed by atoms with Crippen LogP contribution < -0.4 is 9.46 Å². The molecule has 7 heteroatoms. The maximum Gasteiger partial charge on any atom is 0.246 e. The Kier molecular flexibility index (Phi) is 5.11. The van der Waals surface area contributed by atoms with Crippen molar-refractivity contribution in [1.29, 1.82) is 0 Å². The van der Waals surface area contributed by atoms with Crippen molar-refractivity contribution >= 4 is 10.0 Å². The number of hydrogen-bond donors (Lipinski definition) is 1. The Morgan fingerprint density at radius 3 is 2.43 bits per heavy atom. The summed E-state index contributed by atoms with van der Waals surface area (Å²) >= 11 is 0. The van der Waals surface area contributed by atoms with Gasteiger partial charge in [-0.3, -0.25) is 0 Å². The highest BCUT2D eigenvalue weighted by atomic mass is 32.2. The molecule has 6 nitrogen and oxygen atoms in total. The van der Waals surface area contributed by atoms with E-state index in [2.05, 4.69) is 9.88 Å². The minimum absolute atomic E-state index is 0.109. The molecule has 0 aliphatic heterocycles. The molecule has 1 aromatic heterocycles. The van der Waals surface area contributed by atoms with Crippen molar-refractivity contribution in [2.45, 2.75) is 46.1 Å². The maximum absolute atomic E-state index is 12.4. The molecule has 0 amide bonds. The van der Waals surface area contributed by atoms with E-state index in [9.17, 15) is 8.42 Å². The lowest BCUT2D eigenvalue weighted by atomic mass is 10.0. The summed E-state index contributed by atoms with van der Waals surface area (Å²) in [6.45, 7) is 9.79. The minimum atomic E-state index is -3.66. The molecule has 2 aromatic rings. The average molecular weight is 338 g/mol. The zero-order chi connectivity index (χ0) is 17.2. The Morgan fingerprint density at radius 1 is 1.17 bits per heavy atom. The summed E-state index contributed by atoms with van der Waals surface area (Å²) in [4.78, 5) is 0.109. The molecular weight excluding hydrogens is 316 g/mol. The van der Waals surface area contributed by atoms with E-state index in [-0.39, 0.29) is 17.2 Å². The molecule has 0 saturated heterocycles. The second-order valence-corrected chi connectivity index (χ2v) is 7.16. The monoisotopic (exact) mass is 338 g/mol. The molecule has 0 atom stereocenters. The maximum atomic E-state index is 12.4. The van der Waals surface area contributed by atoms with Crippen LogP contribution in [0.5, 0.6) is 5.75 Å². The van der Waals surface area contributed by atoms with Crippen LogP contribution in [-0.2, 0) is 16.6 Å². The molecule has 0 unspecified atom stereocenters. The van der Waals surface area contributed by atoms with Crippen molar-refractivity contribution in [1.82, 2.24) is 9.88 Å². The molecule has 0 spiro atoms. The first kappa shape index (κ1) is 17.5. The highest BCUT2D eigenvalue weighted by molar-refractivity contribution is 7.89. The number of ether oxygens (including phenoxy) is 1. The van der Waals surface area contributed by atoms with Crippen molar-refractivity contribution in [3.63, 3.8) is 0 Å². The molecule has 0 saturated carbocycles. The standard InChI is InChI=1S/C16H22N2O4S/c1-6-21-15-8-10(2)14(7-11(15)3)9-17-23(19,20)16-12(4)18-22-13(16)5/h7-8,17H,6,9H2,1-5H3. The summed E-state index contributed by atoms with van der Waals surface area (Å²) in [6, 6.07) is 3.87. The number of rotatable bonds is 6. The van der Waals surface area contributed by atoms with Crippen molar-refractivity contribution < 1.29 is 17.7 Å². The van der Waals surface area contributed by atoms with Gasteiger partial charge in [0.1, 0.15) is 16.3 Å². The highest BCUT2D eigenvalue weighted by Crippen LogP contribution is 2.24. The van der Waals surface area contributed by atoms with Gasteiger partial charge in [0.05, 0.1) is 6.61 Å². The second kappa shape index (κ2) is 6.72. The number of benzene rings is 1. The van der Waals surface area contributed by atoms with Crippen molar-refractivity contribution in [2.75, 3.05) is 6.61 Å². The number of nitrogens with one attached hydrogen (secondary N) is 1. The van der Waals surface area contributed by atoms with E-state index in [4.69, 9.17) is 9.26 Å². The van der Waals surface area contributed by atoms with Gasteiger partial charge in [-0.25, -0.2) is 13.1 Å². The van der Waals surface area contributed by atoms with Gasteiger partial charge in [-0.15, -0.1) is 0 Å². The van der Waals surface area contributed by atoms with Crippen LogP contribution in [0.1, 0.15) is 35.1 Å². The Hall–Kier alpha value is -1.86. The van der Waals surface area contributed by atoms with Crippen LogP contribution >= 0.6 is 0 Å². The summed E-state index contributed by atoms with van der Waals surface area (Å²) in [5.74, 6) is 1.11. The molecule has 0 fully saturated rings. The van der Waals surface area contributed by atoms with Crippen molar-refractivity contribution in [2.24, 2.45) is 0 Å². The van der Waals surface area contributed by atoms with Gasteiger partial charge < -0.3 is 9.26 Å². The van der Waals surface area contributed by atoms with Crippen LogP contribution in [-0.4, -0.2) is 20.2 Å². The third-order valence-corrected chi connectivity index (χ3v) is 5.27. The van der Waals surface area contributed by atoms with Gasteiger partial charge in [0, 0.05) is 6.54 Å². The van der Waals surface area contributed by atoms with Crippen LogP contribution in [0.15, 0.2) is 21.6 Å². The first-order chi connectivity index (χ1) is 10.8. The van der Waals surface area contributed by atoms with Crippen molar-refractivity contribution in [3.8, 4) is 5.75 Å². The van der Waals surface area contributed by atoms with E-state index in [1.807, 2.05) is 32.9 Å². The number of aromatic nitrogens is 1. The molecule has 1 N–H and O–H groups in total. The van der Waals surface area contributed by atoms with Crippen LogP contribution in [0.3, 0.4) is 0 Å². The Bertz CT molecular complexity index is 790. The molecule has 2 rings (SSSR count). The fraction of sp³-hybridized carbons (Fsp3) is 0.438. The topological polar surface area (TPSA) is 81.4 Å². The van der Waals surface area contributed by atoms with E-state index in [1.54, 1.807) is 13.8 Å². The third-order valence-electron chi connectivity index (χ3n) is 3.62. The average Bonchev–Trinajstić information content (AvgIpc) is 2.81. The minimum Gasteiger partial charge on any atom is -0.494 e. The summed E-state index contributed by atoms with van der Waals surface area (Å²) in [5.41, 5.74) is 3.21. The van der Waals surface area contributed by atoms with Crippen LogP contribution in [0.2, 0.25) is 0 Å². The lowest BCUT2D eigenvalue weighted by Gasteiger charge is -2.13. The van der Waals surface area contributed by atoms with Crippen LogP contribution in [0, 0.1) is 27.7 Å². The Labute approximate surface area is 136 Å². The van der Waals surface area contributed by atoms with Gasteiger partial charge >= 0.3 is 0 Å². The number of nitrogens with zero attached hydrogens (tertiary/aromatic N) is 1. The summed E-state index contributed by atoms with van der Waals surface area (Å²) < 4.78 is 38.0. The number of hydrogen-bond acceptors (Lipinski definition) is 5. The predicted molar refractivity (Wildman–Crippen MR) is 87.1 cm³/mol. The summed E-state index contributed by atoms with van der Waals surface area (Å²) in [6.07, 6.45) is 0. The molecule has 126 valence electrons. The van der Waals surface area contributed by atoms with Gasteiger partial charge in [-0.05, 0) is 57.4 Å². The first-order valence-electron chi connectivity index (χ1n) is 7.41. The zero-order valence-corrected chi connectivity index (χ0v) is 14.9. The second-order valence-electron chi connectivity index (χ2n) is 5.46. The van der Waals surface area contributed by atoms with Gasteiger partial charge in [-0.2, -0.15) is 0 Å². The van der Waals surface area contributed by atoms with Crippen molar-refractivity contribution in [3.05, 3.63) is 40.3 Å². The zero-order valence-electron chi connectivity index (χ0n) is 14.1. The highest BCUT2D eigenvalue weighted by Gasteiger charge is 2.24. The van der Waals surface area contributed by atoms with E-state index in [0.29, 0.717) is 12.3 Å². The van der Waals surface area contributed by atoms with Gasteiger partial charge in [0.2, 0.25) is 10.0 Å². The lowest BCUT2D eigenvalue weighted by molar-refractivity contribution is 0.337. The summed E-state index contributed by atoms with van der Waals surface area (Å²) in [7, 11) is -3.66. The summed E-state index contributed by atoms with van der Waals surface area (Å²) in [5, 5.41) is 3.69. The molecule has 0 radical (unpaired) electrons. The van der Waals surface area contributed by atoms with E-state index < -0.39 is 10.0 Å². The Balaban J connectivity index is 2.22. The molecule has 23 heavy (non-hydrogen) atoms. The van der Waals surface area contributed by atoms with Gasteiger partial charge in [0.25, 0.3) is 0 Å². The quantitative estimate of drug-likeness (QED) is 0.876. The molecule has 1 heterocycles. The van der Waals surface area contributed by atoms with E-state index in [1.165, 1.54) is 0 Å². The smallest absolute Gasteiger partial charge is 0.246 e. The van der Waals surface area contributed by atoms with Gasteiger partial charge in [0.15, 0.2) is 5.76 Å². The largest absolute Gasteiger partial charge is 0.494 e. The normalized spacial score (nSPS) is 11.7. The molecule has 0 aliphatic carbocycles. The SMILES string of the molecule is CCOc1cc(C)c(CNS(=O)(=O)c2c(C)noc2C)cc1C. The molecular formula is C16H22N2O4S. The van der Waals surface area contributed by atoms with Gasteiger partial charge in [-0.1, -0.05) is 11.2 Å². The third kappa shape index (κ3) is 3.73. The fourth-order valence-electron chi connectivity index (χ4n) is 2.45. The van der Waals surface area contributed by atoms with Crippen LogP contribution in [0.25, 0.3) is 0 Å². The lowest BCUT2D eigenvalue weighted by Crippen LogP contribution is -2.24. The molecule has 0 bridgehead atoms. The molecule has 1 aromatic carbocycles. The molecule has 0 aliphatic rings. The first-order valence-corrected chi connectivity index (χ1v) is 8.90. The fourth-order valence-corrected chi connectivity index (χ4v) is 3.79.